The maximum Gasteiger partial charge on any atom is 0.338 e. The van der Waals surface area contributed by atoms with Gasteiger partial charge in [0.15, 0.2) is 6.61 Å². The van der Waals surface area contributed by atoms with Gasteiger partial charge in [-0.1, -0.05) is 32.8 Å². The zero-order chi connectivity index (χ0) is 16.1. The van der Waals surface area contributed by atoms with Crippen LogP contribution in [0.3, 0.4) is 0 Å². The van der Waals surface area contributed by atoms with Crippen LogP contribution in [0.5, 0.6) is 0 Å². The molecular formula is C17H22INO3. The highest BCUT2D eigenvalue weighted by Crippen LogP contribution is 2.29. The molecule has 3 atom stereocenters. The van der Waals surface area contributed by atoms with Crippen molar-refractivity contribution in [2.75, 3.05) is 6.61 Å². The summed E-state index contributed by atoms with van der Waals surface area (Å²) < 4.78 is 6.05. The molecule has 2 rings (SSSR count). The Hall–Kier alpha value is -1.11. The standard InChI is InChI=1S/C17H22INO3/c1-11-5-3-8-15(12(11)2)19-16(20)10-22-17(21)13-6-4-7-14(18)9-13/h4,6-7,9,11-12,15H,3,5,8,10H2,1-2H3,(H,19,20)/t11-,12-,15+/m1/s1. The number of carbonyl (C=O) groups is 2. The predicted octanol–water partition coefficient (Wildman–Crippen LogP) is 3.39. The zero-order valence-corrected chi connectivity index (χ0v) is 15.1. The number of halogens is 1. The molecular weight excluding hydrogens is 393 g/mol. The van der Waals surface area contributed by atoms with Crippen LogP contribution in [0, 0.1) is 15.4 Å². The third-order valence-electron chi connectivity index (χ3n) is 4.45. The first-order chi connectivity index (χ1) is 10.5. The lowest BCUT2D eigenvalue weighted by atomic mass is 9.78. The Labute approximate surface area is 145 Å². The van der Waals surface area contributed by atoms with E-state index in [9.17, 15) is 9.59 Å². The summed E-state index contributed by atoms with van der Waals surface area (Å²) in [4.78, 5) is 23.9. The number of amides is 1. The molecule has 1 aliphatic carbocycles. The molecule has 1 fully saturated rings. The molecule has 5 heteroatoms. The number of rotatable bonds is 4. The monoisotopic (exact) mass is 415 g/mol. The first-order valence-electron chi connectivity index (χ1n) is 7.69. The van der Waals surface area contributed by atoms with Crippen LogP contribution in [0.2, 0.25) is 0 Å². The third kappa shape index (κ3) is 4.69. The van der Waals surface area contributed by atoms with Gasteiger partial charge in [-0.3, -0.25) is 4.79 Å². The van der Waals surface area contributed by atoms with Crippen molar-refractivity contribution in [2.24, 2.45) is 11.8 Å². The summed E-state index contributed by atoms with van der Waals surface area (Å²) in [5.41, 5.74) is 0.472. The van der Waals surface area contributed by atoms with Gasteiger partial charge in [-0.15, -0.1) is 0 Å². The molecule has 1 saturated carbocycles. The van der Waals surface area contributed by atoms with Gasteiger partial charge >= 0.3 is 5.97 Å². The number of carbonyl (C=O) groups excluding carboxylic acids is 2. The number of ether oxygens (including phenoxy) is 1. The molecule has 120 valence electrons. The molecule has 0 radical (unpaired) electrons. The maximum absolute atomic E-state index is 12.0. The van der Waals surface area contributed by atoms with Gasteiger partial charge in [0.05, 0.1) is 5.56 Å². The molecule has 1 aliphatic rings. The molecule has 1 aromatic rings. The molecule has 0 aliphatic heterocycles. The molecule has 0 saturated heterocycles. The average molecular weight is 415 g/mol. The van der Waals surface area contributed by atoms with Gasteiger partial charge < -0.3 is 10.1 Å². The maximum atomic E-state index is 12.0. The van der Waals surface area contributed by atoms with Crippen LogP contribution in [0.25, 0.3) is 0 Å². The number of hydrogen-bond donors (Lipinski definition) is 1. The number of benzene rings is 1. The summed E-state index contributed by atoms with van der Waals surface area (Å²) in [6.07, 6.45) is 3.36. The predicted molar refractivity (Wildman–Crippen MR) is 93.6 cm³/mol. The van der Waals surface area contributed by atoms with Crippen LogP contribution in [-0.2, 0) is 9.53 Å². The average Bonchev–Trinajstić information content (AvgIpc) is 2.49. The van der Waals surface area contributed by atoms with Crippen LogP contribution in [0.4, 0.5) is 0 Å². The van der Waals surface area contributed by atoms with E-state index in [2.05, 4.69) is 41.8 Å². The van der Waals surface area contributed by atoms with E-state index in [1.807, 2.05) is 6.07 Å². The third-order valence-corrected chi connectivity index (χ3v) is 5.12. The first kappa shape index (κ1) is 17.2. The van der Waals surface area contributed by atoms with E-state index in [1.54, 1.807) is 18.2 Å². The fraction of sp³-hybridized carbons (Fsp3) is 0.529. The van der Waals surface area contributed by atoms with E-state index in [0.29, 0.717) is 17.4 Å². The summed E-state index contributed by atoms with van der Waals surface area (Å²) in [7, 11) is 0. The normalized spacial score (nSPS) is 24.6. The van der Waals surface area contributed by atoms with Crippen molar-refractivity contribution in [1.82, 2.24) is 5.32 Å². The van der Waals surface area contributed by atoms with E-state index in [-0.39, 0.29) is 18.6 Å². The van der Waals surface area contributed by atoms with Gasteiger partial charge in [-0.25, -0.2) is 4.79 Å². The summed E-state index contributed by atoms with van der Waals surface area (Å²) in [6, 6.07) is 7.31. The van der Waals surface area contributed by atoms with E-state index in [4.69, 9.17) is 4.74 Å². The van der Waals surface area contributed by atoms with E-state index in [1.165, 1.54) is 6.42 Å². The molecule has 4 nitrogen and oxygen atoms in total. The highest BCUT2D eigenvalue weighted by Gasteiger charge is 2.28. The largest absolute Gasteiger partial charge is 0.452 e. The van der Waals surface area contributed by atoms with Crippen LogP contribution in [-0.4, -0.2) is 24.5 Å². The minimum atomic E-state index is -0.460. The quantitative estimate of drug-likeness (QED) is 0.606. The fourth-order valence-electron chi connectivity index (χ4n) is 2.86. The molecule has 0 spiro atoms. The topological polar surface area (TPSA) is 55.4 Å². The summed E-state index contributed by atoms with van der Waals surface area (Å²) in [5, 5.41) is 3.00. The Kier molecular flexibility index (Phi) is 6.23. The Balaban J connectivity index is 1.81. The second-order valence-corrected chi connectivity index (χ2v) is 7.27. The second-order valence-electron chi connectivity index (χ2n) is 6.03. The van der Waals surface area contributed by atoms with Gasteiger partial charge in [0.25, 0.3) is 5.91 Å². The summed E-state index contributed by atoms with van der Waals surface area (Å²) in [6.45, 7) is 4.18. The highest BCUT2D eigenvalue weighted by molar-refractivity contribution is 14.1. The fourth-order valence-corrected chi connectivity index (χ4v) is 3.41. The van der Waals surface area contributed by atoms with Crippen LogP contribution in [0.15, 0.2) is 24.3 Å². The Bertz CT molecular complexity index is 546. The van der Waals surface area contributed by atoms with Crippen molar-refractivity contribution in [3.05, 3.63) is 33.4 Å². The van der Waals surface area contributed by atoms with Gasteiger partial charge in [0, 0.05) is 9.61 Å². The molecule has 0 unspecified atom stereocenters. The van der Waals surface area contributed by atoms with Crippen LogP contribution in [0.1, 0.15) is 43.5 Å². The van der Waals surface area contributed by atoms with E-state index < -0.39 is 5.97 Å². The van der Waals surface area contributed by atoms with E-state index in [0.717, 1.165) is 16.4 Å². The minimum absolute atomic E-state index is 0.188. The van der Waals surface area contributed by atoms with Crippen LogP contribution >= 0.6 is 22.6 Å². The molecule has 1 aromatic carbocycles. The lowest BCUT2D eigenvalue weighted by molar-refractivity contribution is -0.125. The number of esters is 1. The van der Waals surface area contributed by atoms with Crippen molar-refractivity contribution in [1.29, 1.82) is 0 Å². The molecule has 22 heavy (non-hydrogen) atoms. The van der Waals surface area contributed by atoms with Gasteiger partial charge in [0.1, 0.15) is 0 Å². The molecule has 0 heterocycles. The Morgan fingerprint density at radius 2 is 2.09 bits per heavy atom. The lowest BCUT2D eigenvalue weighted by Crippen LogP contribution is -2.45. The minimum Gasteiger partial charge on any atom is -0.452 e. The van der Waals surface area contributed by atoms with Crippen molar-refractivity contribution in [3.63, 3.8) is 0 Å². The van der Waals surface area contributed by atoms with Gasteiger partial charge in [-0.05, 0) is 59.0 Å². The smallest absolute Gasteiger partial charge is 0.338 e. The lowest BCUT2D eigenvalue weighted by Gasteiger charge is -2.34. The van der Waals surface area contributed by atoms with Gasteiger partial charge in [-0.2, -0.15) is 0 Å². The van der Waals surface area contributed by atoms with Crippen molar-refractivity contribution in [2.45, 2.75) is 39.2 Å². The zero-order valence-electron chi connectivity index (χ0n) is 13.0. The Morgan fingerprint density at radius 3 is 2.82 bits per heavy atom. The summed E-state index contributed by atoms with van der Waals surface area (Å²) in [5.74, 6) is 0.403. The molecule has 1 amide bonds. The highest BCUT2D eigenvalue weighted by atomic mass is 127. The van der Waals surface area contributed by atoms with Gasteiger partial charge in [0.2, 0.25) is 0 Å². The molecule has 0 aromatic heterocycles. The first-order valence-corrected chi connectivity index (χ1v) is 8.77. The Morgan fingerprint density at radius 1 is 1.32 bits per heavy atom. The second kappa shape index (κ2) is 7.94. The molecule has 1 N–H and O–H groups in total. The molecule has 0 bridgehead atoms. The van der Waals surface area contributed by atoms with E-state index >= 15 is 0 Å². The SMILES string of the molecule is C[C@@H]1[C@H](C)CCC[C@@H]1NC(=O)COC(=O)c1cccc(I)c1. The summed E-state index contributed by atoms with van der Waals surface area (Å²) >= 11 is 2.13. The number of hydrogen-bond acceptors (Lipinski definition) is 3. The van der Waals surface area contributed by atoms with Crippen molar-refractivity contribution in [3.8, 4) is 0 Å². The van der Waals surface area contributed by atoms with Crippen molar-refractivity contribution >= 4 is 34.5 Å². The number of nitrogens with one attached hydrogen (secondary N) is 1. The van der Waals surface area contributed by atoms with Crippen molar-refractivity contribution < 1.29 is 14.3 Å². The van der Waals surface area contributed by atoms with Crippen LogP contribution < -0.4 is 5.32 Å².